The van der Waals surface area contributed by atoms with Crippen molar-refractivity contribution >= 4 is 0 Å². The smallest absolute Gasteiger partial charge is 0.204 e. The maximum atomic E-state index is 13.2. The summed E-state index contributed by atoms with van der Waals surface area (Å²) in [4.78, 5) is 0. The number of halogens is 2. The molecule has 0 aliphatic carbocycles. The molecular formula is C12H16F2O2. The zero-order valence-corrected chi connectivity index (χ0v) is 9.30. The van der Waals surface area contributed by atoms with Crippen LogP contribution in [0.3, 0.4) is 0 Å². The van der Waals surface area contributed by atoms with Crippen molar-refractivity contribution in [1.82, 2.24) is 0 Å². The number of benzene rings is 1. The zero-order chi connectivity index (χ0) is 12.0. The first-order chi connectivity index (χ1) is 7.66. The number of aromatic hydroxyl groups is 1. The SMILES string of the molecule is CCCCCCOc1ccc(O)c(F)c1F. The number of hydrogen-bond acceptors (Lipinski definition) is 2. The van der Waals surface area contributed by atoms with E-state index in [1.807, 2.05) is 0 Å². The van der Waals surface area contributed by atoms with E-state index >= 15 is 0 Å². The summed E-state index contributed by atoms with van der Waals surface area (Å²) in [5.74, 6) is -3.23. The second-order valence-corrected chi connectivity index (χ2v) is 3.62. The molecule has 0 saturated carbocycles. The van der Waals surface area contributed by atoms with Crippen molar-refractivity contribution in [2.75, 3.05) is 6.61 Å². The predicted molar refractivity (Wildman–Crippen MR) is 57.7 cm³/mol. The Balaban J connectivity index is 2.45. The van der Waals surface area contributed by atoms with E-state index in [0.29, 0.717) is 6.61 Å². The van der Waals surface area contributed by atoms with Gasteiger partial charge in [-0.3, -0.25) is 0 Å². The first-order valence-electron chi connectivity index (χ1n) is 5.46. The molecule has 0 aromatic heterocycles. The van der Waals surface area contributed by atoms with Gasteiger partial charge in [0, 0.05) is 0 Å². The number of unbranched alkanes of at least 4 members (excludes halogenated alkanes) is 3. The Labute approximate surface area is 93.9 Å². The van der Waals surface area contributed by atoms with Gasteiger partial charge in [-0.1, -0.05) is 26.2 Å². The van der Waals surface area contributed by atoms with E-state index < -0.39 is 17.4 Å². The van der Waals surface area contributed by atoms with Crippen molar-refractivity contribution in [2.45, 2.75) is 32.6 Å². The van der Waals surface area contributed by atoms with Crippen LogP contribution in [0.25, 0.3) is 0 Å². The van der Waals surface area contributed by atoms with Crippen LogP contribution in [0.5, 0.6) is 11.5 Å². The molecule has 0 atom stereocenters. The second kappa shape index (κ2) is 6.30. The summed E-state index contributed by atoms with van der Waals surface area (Å²) in [7, 11) is 0. The van der Waals surface area contributed by atoms with Gasteiger partial charge >= 0.3 is 0 Å². The largest absolute Gasteiger partial charge is 0.505 e. The molecule has 0 heterocycles. The molecule has 0 aliphatic rings. The van der Waals surface area contributed by atoms with Crippen LogP contribution in [0.2, 0.25) is 0 Å². The highest BCUT2D eigenvalue weighted by Gasteiger charge is 2.13. The molecule has 1 rings (SSSR count). The fraction of sp³-hybridized carbons (Fsp3) is 0.500. The van der Waals surface area contributed by atoms with E-state index in [1.54, 1.807) is 0 Å². The van der Waals surface area contributed by atoms with Gasteiger partial charge in [-0.2, -0.15) is 8.78 Å². The first-order valence-corrected chi connectivity index (χ1v) is 5.46. The Hall–Kier alpha value is -1.32. The molecular weight excluding hydrogens is 214 g/mol. The standard InChI is InChI=1S/C12H16F2O2/c1-2-3-4-5-8-16-10-7-6-9(15)11(13)12(10)14/h6-7,15H,2-5,8H2,1H3. The Bertz CT molecular complexity index is 340. The number of hydrogen-bond donors (Lipinski definition) is 1. The third-order valence-electron chi connectivity index (χ3n) is 2.28. The monoisotopic (exact) mass is 230 g/mol. The fourth-order valence-corrected chi connectivity index (χ4v) is 1.34. The van der Waals surface area contributed by atoms with Crippen LogP contribution in [0.15, 0.2) is 12.1 Å². The molecule has 2 nitrogen and oxygen atoms in total. The van der Waals surface area contributed by atoms with E-state index in [9.17, 15) is 8.78 Å². The van der Waals surface area contributed by atoms with Crippen LogP contribution < -0.4 is 4.74 Å². The molecule has 0 bridgehead atoms. The summed E-state index contributed by atoms with van der Waals surface area (Å²) in [6.07, 6.45) is 4.05. The third kappa shape index (κ3) is 3.36. The van der Waals surface area contributed by atoms with Crippen molar-refractivity contribution in [2.24, 2.45) is 0 Å². The number of phenols is 1. The average Bonchev–Trinajstić information content (AvgIpc) is 2.28. The van der Waals surface area contributed by atoms with E-state index in [2.05, 4.69) is 6.92 Å². The lowest BCUT2D eigenvalue weighted by Gasteiger charge is -2.07. The van der Waals surface area contributed by atoms with Gasteiger partial charge in [0.05, 0.1) is 6.61 Å². The van der Waals surface area contributed by atoms with Crippen molar-refractivity contribution in [1.29, 1.82) is 0 Å². The maximum absolute atomic E-state index is 13.2. The molecule has 0 radical (unpaired) electrons. The summed E-state index contributed by atoms with van der Waals surface area (Å²) < 4.78 is 31.2. The molecule has 16 heavy (non-hydrogen) atoms. The van der Waals surface area contributed by atoms with Crippen molar-refractivity contribution < 1.29 is 18.6 Å². The minimum atomic E-state index is -1.26. The number of phenolic OH excluding ortho intramolecular Hbond substituents is 1. The Morgan fingerprint density at radius 2 is 1.88 bits per heavy atom. The summed E-state index contributed by atoms with van der Waals surface area (Å²) in [6.45, 7) is 2.46. The lowest BCUT2D eigenvalue weighted by atomic mass is 10.2. The number of ether oxygens (including phenoxy) is 1. The van der Waals surface area contributed by atoms with E-state index in [0.717, 1.165) is 31.7 Å². The van der Waals surface area contributed by atoms with E-state index in [4.69, 9.17) is 9.84 Å². The van der Waals surface area contributed by atoms with Gasteiger partial charge in [-0.15, -0.1) is 0 Å². The highest BCUT2D eigenvalue weighted by atomic mass is 19.2. The van der Waals surface area contributed by atoms with Crippen LogP contribution in [0.1, 0.15) is 32.6 Å². The molecule has 90 valence electrons. The topological polar surface area (TPSA) is 29.5 Å². The molecule has 0 amide bonds. The quantitative estimate of drug-likeness (QED) is 0.756. The lowest BCUT2D eigenvalue weighted by molar-refractivity contribution is 0.282. The summed E-state index contributed by atoms with van der Waals surface area (Å²) in [5.41, 5.74) is 0. The van der Waals surface area contributed by atoms with Crippen molar-refractivity contribution in [3.63, 3.8) is 0 Å². The molecule has 0 spiro atoms. The molecule has 0 unspecified atom stereocenters. The van der Waals surface area contributed by atoms with Crippen molar-refractivity contribution in [3.8, 4) is 11.5 Å². The Morgan fingerprint density at radius 3 is 2.56 bits per heavy atom. The van der Waals surface area contributed by atoms with Gasteiger partial charge in [0.15, 0.2) is 11.5 Å². The van der Waals surface area contributed by atoms with Gasteiger partial charge < -0.3 is 9.84 Å². The van der Waals surface area contributed by atoms with Gasteiger partial charge in [0.1, 0.15) is 0 Å². The summed E-state index contributed by atoms with van der Waals surface area (Å²) >= 11 is 0. The summed E-state index contributed by atoms with van der Waals surface area (Å²) in [6, 6.07) is 2.31. The van der Waals surface area contributed by atoms with Crippen LogP contribution in [0.4, 0.5) is 8.78 Å². The van der Waals surface area contributed by atoms with E-state index in [-0.39, 0.29) is 5.75 Å². The van der Waals surface area contributed by atoms with Gasteiger partial charge in [-0.25, -0.2) is 0 Å². The molecule has 1 N–H and O–H groups in total. The van der Waals surface area contributed by atoms with Gasteiger partial charge in [0.2, 0.25) is 11.6 Å². The minimum absolute atomic E-state index is 0.146. The van der Waals surface area contributed by atoms with Gasteiger partial charge in [0.25, 0.3) is 0 Å². The maximum Gasteiger partial charge on any atom is 0.204 e. The van der Waals surface area contributed by atoms with Crippen LogP contribution in [0, 0.1) is 11.6 Å². The van der Waals surface area contributed by atoms with E-state index in [1.165, 1.54) is 6.07 Å². The fourth-order valence-electron chi connectivity index (χ4n) is 1.34. The van der Waals surface area contributed by atoms with Crippen LogP contribution >= 0.6 is 0 Å². The first kappa shape index (κ1) is 12.7. The van der Waals surface area contributed by atoms with Crippen molar-refractivity contribution in [3.05, 3.63) is 23.8 Å². The van der Waals surface area contributed by atoms with Crippen LogP contribution in [-0.2, 0) is 0 Å². The molecule has 0 fully saturated rings. The predicted octanol–water partition coefficient (Wildman–Crippen LogP) is 3.63. The highest BCUT2D eigenvalue weighted by Crippen LogP contribution is 2.26. The Kier molecular flexibility index (Phi) is 5.02. The lowest BCUT2D eigenvalue weighted by Crippen LogP contribution is -2.00. The summed E-state index contributed by atoms with van der Waals surface area (Å²) in [5, 5.41) is 8.90. The van der Waals surface area contributed by atoms with Gasteiger partial charge in [-0.05, 0) is 18.6 Å². The minimum Gasteiger partial charge on any atom is -0.505 e. The third-order valence-corrected chi connectivity index (χ3v) is 2.28. The van der Waals surface area contributed by atoms with Crippen LogP contribution in [-0.4, -0.2) is 11.7 Å². The molecule has 0 aliphatic heterocycles. The molecule has 0 saturated heterocycles. The Morgan fingerprint density at radius 1 is 1.12 bits per heavy atom. The normalized spacial score (nSPS) is 10.4. The highest BCUT2D eigenvalue weighted by molar-refractivity contribution is 5.33. The molecule has 1 aromatic rings. The molecule has 4 heteroatoms. The average molecular weight is 230 g/mol. The zero-order valence-electron chi connectivity index (χ0n) is 9.30. The second-order valence-electron chi connectivity index (χ2n) is 3.62. The number of rotatable bonds is 6. The molecule has 1 aromatic carbocycles.